The molecule has 0 saturated carbocycles. The lowest BCUT2D eigenvalue weighted by atomic mass is 10.2. The predicted octanol–water partition coefficient (Wildman–Crippen LogP) is 5.92. The molecule has 0 unspecified atom stereocenters. The quantitative estimate of drug-likeness (QED) is 0.474. The number of hydrogen-bond acceptors (Lipinski definition) is 5. The third-order valence-corrected chi connectivity index (χ3v) is 7.06. The third kappa shape index (κ3) is 5.05. The molecule has 0 aliphatic heterocycles. The third-order valence-electron chi connectivity index (χ3n) is 3.89. The highest BCUT2D eigenvalue weighted by molar-refractivity contribution is 7.53. The Bertz CT molecular complexity index is 925. The van der Waals surface area contributed by atoms with Crippen molar-refractivity contribution in [3.8, 4) is 0 Å². The van der Waals surface area contributed by atoms with E-state index in [1.807, 2.05) is 42.5 Å². The van der Waals surface area contributed by atoms with Crippen LogP contribution in [0, 0.1) is 0 Å². The van der Waals surface area contributed by atoms with Gasteiger partial charge in [-0.3, -0.25) is 9.36 Å². The van der Waals surface area contributed by atoms with Crippen LogP contribution >= 0.6 is 18.9 Å². The van der Waals surface area contributed by atoms with Crippen molar-refractivity contribution >= 4 is 40.6 Å². The van der Waals surface area contributed by atoms with Crippen molar-refractivity contribution in [2.75, 3.05) is 18.5 Å². The molecule has 0 fully saturated rings. The van der Waals surface area contributed by atoms with E-state index in [0.717, 1.165) is 15.6 Å². The Hall–Kier alpha value is -1.98. The van der Waals surface area contributed by atoms with Crippen LogP contribution in [0.25, 0.3) is 10.1 Å². The predicted molar refractivity (Wildman–Crippen MR) is 111 cm³/mol. The summed E-state index contributed by atoms with van der Waals surface area (Å²) in [7, 11) is -3.13. The summed E-state index contributed by atoms with van der Waals surface area (Å²) in [5.74, 6) is -0.141. The average Bonchev–Trinajstić information content (AvgIpc) is 3.08. The molecule has 7 heteroatoms. The van der Waals surface area contributed by atoms with E-state index in [9.17, 15) is 9.36 Å². The first kappa shape index (κ1) is 19.8. The number of anilines is 1. The van der Waals surface area contributed by atoms with Crippen LogP contribution in [-0.4, -0.2) is 19.1 Å². The molecule has 5 nitrogen and oxygen atoms in total. The minimum Gasteiger partial charge on any atom is -0.321 e. The average molecular weight is 403 g/mol. The molecule has 0 aliphatic carbocycles. The van der Waals surface area contributed by atoms with Crippen molar-refractivity contribution in [2.45, 2.75) is 20.0 Å². The molecule has 0 spiro atoms. The van der Waals surface area contributed by atoms with Gasteiger partial charge in [0.25, 0.3) is 5.91 Å². The summed E-state index contributed by atoms with van der Waals surface area (Å²) in [5.41, 5.74) is 1.52. The smallest absolute Gasteiger partial charge is 0.321 e. The minimum atomic E-state index is -3.13. The van der Waals surface area contributed by atoms with Crippen LogP contribution in [0.5, 0.6) is 0 Å². The summed E-state index contributed by atoms with van der Waals surface area (Å²) >= 11 is 1.46. The van der Waals surface area contributed by atoms with Crippen molar-refractivity contribution in [3.05, 3.63) is 65.0 Å². The van der Waals surface area contributed by atoms with Crippen LogP contribution in [0.2, 0.25) is 0 Å². The minimum absolute atomic E-state index is 0.141. The Morgan fingerprint density at radius 1 is 1.04 bits per heavy atom. The first-order valence-corrected chi connectivity index (χ1v) is 11.3. The molecule has 142 valence electrons. The second-order valence-corrected chi connectivity index (χ2v) is 9.04. The number of carbonyl (C=O) groups excluding carboxylic acids is 1. The van der Waals surface area contributed by atoms with E-state index in [-0.39, 0.29) is 12.1 Å². The molecule has 0 bridgehead atoms. The summed E-state index contributed by atoms with van der Waals surface area (Å²) in [4.78, 5) is 13.1. The van der Waals surface area contributed by atoms with Crippen molar-refractivity contribution < 1.29 is 18.4 Å². The standard InChI is InChI=1S/C20H22NO4PS/c1-3-24-26(23,25-4-2)14-15-9-11-17(12-10-15)21-20(22)19-13-16-7-5-6-8-18(16)27-19/h5-13H,3-4,14H2,1-2H3,(H,21,22). The highest BCUT2D eigenvalue weighted by Gasteiger charge is 2.24. The van der Waals surface area contributed by atoms with E-state index in [4.69, 9.17) is 9.05 Å². The zero-order valence-electron chi connectivity index (χ0n) is 15.3. The number of hydrogen-bond donors (Lipinski definition) is 1. The van der Waals surface area contributed by atoms with Gasteiger partial charge in [-0.1, -0.05) is 30.3 Å². The molecule has 1 heterocycles. The summed E-state index contributed by atoms with van der Waals surface area (Å²) < 4.78 is 24.3. The Morgan fingerprint density at radius 3 is 2.33 bits per heavy atom. The van der Waals surface area contributed by atoms with Crippen molar-refractivity contribution in [3.63, 3.8) is 0 Å². The summed E-state index contributed by atoms with van der Waals surface area (Å²) in [6, 6.07) is 17.0. The molecule has 1 amide bonds. The molecule has 2 aromatic carbocycles. The van der Waals surface area contributed by atoms with Crippen LogP contribution in [0.1, 0.15) is 29.1 Å². The number of benzene rings is 2. The maximum Gasteiger partial charge on any atom is 0.335 e. The summed E-state index contributed by atoms with van der Waals surface area (Å²) in [5, 5.41) is 3.96. The summed E-state index contributed by atoms with van der Waals surface area (Å²) in [6.07, 6.45) is 0.208. The van der Waals surface area contributed by atoms with Gasteiger partial charge >= 0.3 is 7.60 Å². The molecule has 27 heavy (non-hydrogen) atoms. The van der Waals surface area contributed by atoms with Crippen LogP contribution in [0.15, 0.2) is 54.6 Å². The Kier molecular flexibility index (Phi) is 6.45. The fourth-order valence-electron chi connectivity index (χ4n) is 2.73. The van der Waals surface area contributed by atoms with Gasteiger partial charge in [0.15, 0.2) is 0 Å². The number of rotatable bonds is 8. The number of thiophene rings is 1. The molecular weight excluding hydrogens is 381 g/mol. The Morgan fingerprint density at radius 2 is 1.70 bits per heavy atom. The molecule has 0 atom stereocenters. The summed E-state index contributed by atoms with van der Waals surface area (Å²) in [6.45, 7) is 4.25. The van der Waals surface area contributed by atoms with Gasteiger partial charge in [0.05, 0.1) is 24.3 Å². The van der Waals surface area contributed by atoms with Crippen molar-refractivity contribution in [1.29, 1.82) is 0 Å². The number of amides is 1. The van der Waals surface area contributed by atoms with E-state index in [1.165, 1.54) is 11.3 Å². The monoisotopic (exact) mass is 403 g/mol. The number of nitrogens with one attached hydrogen (secondary N) is 1. The molecule has 0 aliphatic rings. The topological polar surface area (TPSA) is 64.6 Å². The number of fused-ring (bicyclic) bond motifs is 1. The molecule has 1 aromatic heterocycles. The van der Waals surface area contributed by atoms with Crippen LogP contribution in [-0.2, 0) is 19.8 Å². The normalized spacial score (nSPS) is 11.6. The van der Waals surface area contributed by atoms with Gasteiger partial charge in [-0.2, -0.15) is 0 Å². The maximum absolute atomic E-state index is 12.6. The fourth-order valence-corrected chi connectivity index (χ4v) is 5.39. The molecular formula is C20H22NO4PS. The highest BCUT2D eigenvalue weighted by atomic mass is 32.1. The van der Waals surface area contributed by atoms with Gasteiger partial charge < -0.3 is 14.4 Å². The zero-order chi connectivity index (χ0) is 19.3. The van der Waals surface area contributed by atoms with E-state index in [0.29, 0.717) is 23.8 Å². The second-order valence-electron chi connectivity index (χ2n) is 5.90. The zero-order valence-corrected chi connectivity index (χ0v) is 17.0. The van der Waals surface area contributed by atoms with Gasteiger partial charge in [0, 0.05) is 10.4 Å². The van der Waals surface area contributed by atoms with E-state index in [2.05, 4.69) is 5.32 Å². The van der Waals surface area contributed by atoms with E-state index in [1.54, 1.807) is 26.0 Å². The van der Waals surface area contributed by atoms with Gasteiger partial charge in [-0.25, -0.2) is 0 Å². The van der Waals surface area contributed by atoms with Crippen LogP contribution in [0.4, 0.5) is 5.69 Å². The molecule has 1 N–H and O–H groups in total. The molecule has 0 radical (unpaired) electrons. The van der Waals surface area contributed by atoms with Gasteiger partial charge in [-0.15, -0.1) is 11.3 Å². The van der Waals surface area contributed by atoms with E-state index < -0.39 is 7.60 Å². The fraction of sp³-hybridized carbons (Fsp3) is 0.250. The SMILES string of the molecule is CCOP(=O)(Cc1ccc(NC(=O)c2cc3ccccc3s2)cc1)OCC. The van der Waals surface area contributed by atoms with Gasteiger partial charge in [-0.05, 0) is 49.1 Å². The van der Waals surface area contributed by atoms with Gasteiger partial charge in [0.2, 0.25) is 0 Å². The van der Waals surface area contributed by atoms with E-state index >= 15 is 0 Å². The second kappa shape index (κ2) is 8.81. The van der Waals surface area contributed by atoms with Crippen LogP contribution < -0.4 is 5.32 Å². The van der Waals surface area contributed by atoms with Crippen molar-refractivity contribution in [1.82, 2.24) is 0 Å². The lowest BCUT2D eigenvalue weighted by Crippen LogP contribution is -2.10. The largest absolute Gasteiger partial charge is 0.335 e. The Labute approximate surface area is 162 Å². The molecule has 3 aromatic rings. The molecule has 3 rings (SSSR count). The highest BCUT2D eigenvalue weighted by Crippen LogP contribution is 2.51. The lowest BCUT2D eigenvalue weighted by molar-refractivity contribution is 0.103. The number of carbonyl (C=O) groups is 1. The lowest BCUT2D eigenvalue weighted by Gasteiger charge is -2.17. The van der Waals surface area contributed by atoms with Crippen LogP contribution in [0.3, 0.4) is 0 Å². The molecule has 0 saturated heterocycles. The Balaban J connectivity index is 1.68. The first-order chi connectivity index (χ1) is 13.0. The van der Waals surface area contributed by atoms with Crippen molar-refractivity contribution in [2.24, 2.45) is 0 Å². The first-order valence-electron chi connectivity index (χ1n) is 8.80. The maximum atomic E-state index is 12.6. The van der Waals surface area contributed by atoms with Gasteiger partial charge in [0.1, 0.15) is 0 Å².